The Morgan fingerprint density at radius 3 is 2.68 bits per heavy atom. The Morgan fingerprint density at radius 2 is 2.11 bits per heavy atom. The third-order valence-electron chi connectivity index (χ3n) is 3.64. The highest BCUT2D eigenvalue weighted by atomic mass is 32.2. The number of methoxy groups -OCH3 is 1. The summed E-state index contributed by atoms with van der Waals surface area (Å²) in [7, 11) is 1.46. The number of rotatable bonds is 7. The molecule has 19 heavy (non-hydrogen) atoms. The molecule has 1 fully saturated rings. The quantitative estimate of drug-likeness (QED) is 0.780. The zero-order valence-corrected chi connectivity index (χ0v) is 12.1. The molecule has 0 aromatic heterocycles. The van der Waals surface area contributed by atoms with Crippen LogP contribution < -0.4 is 5.73 Å². The topological polar surface area (TPSA) is 52.3 Å². The van der Waals surface area contributed by atoms with Crippen molar-refractivity contribution >= 4 is 17.7 Å². The average Bonchev–Trinajstić information content (AvgIpc) is 3.19. The third kappa shape index (κ3) is 4.25. The Balaban J connectivity index is 1.73. The van der Waals surface area contributed by atoms with E-state index in [9.17, 15) is 4.79 Å². The molecule has 3 nitrogen and oxygen atoms in total. The number of esters is 1. The minimum Gasteiger partial charge on any atom is -0.469 e. The standard InChI is InChI=1S/C15H21NO2S/c1-18-14(17)9-15(7-8-15)11-19-10-13(16)12-5-3-2-4-6-12/h2-6,13H,7-11,16H2,1H3. The van der Waals surface area contributed by atoms with Crippen LogP contribution in [0.25, 0.3) is 0 Å². The van der Waals surface area contributed by atoms with Crippen molar-refractivity contribution in [3.8, 4) is 0 Å². The van der Waals surface area contributed by atoms with E-state index in [1.807, 2.05) is 30.0 Å². The van der Waals surface area contributed by atoms with Gasteiger partial charge in [0.25, 0.3) is 0 Å². The van der Waals surface area contributed by atoms with Crippen molar-refractivity contribution in [2.24, 2.45) is 11.1 Å². The molecule has 1 unspecified atom stereocenters. The first kappa shape index (κ1) is 14.4. The molecule has 4 heteroatoms. The smallest absolute Gasteiger partial charge is 0.306 e. The number of hydrogen-bond donors (Lipinski definition) is 1. The van der Waals surface area contributed by atoms with Gasteiger partial charge in [-0.25, -0.2) is 0 Å². The monoisotopic (exact) mass is 279 g/mol. The zero-order valence-electron chi connectivity index (χ0n) is 11.3. The number of carbonyl (C=O) groups is 1. The molecule has 1 aliphatic carbocycles. The van der Waals surface area contributed by atoms with Crippen molar-refractivity contribution in [2.45, 2.75) is 25.3 Å². The predicted octanol–water partition coefficient (Wildman–Crippen LogP) is 2.76. The van der Waals surface area contributed by atoms with Gasteiger partial charge < -0.3 is 10.5 Å². The highest BCUT2D eigenvalue weighted by Gasteiger charge is 2.44. The summed E-state index contributed by atoms with van der Waals surface area (Å²) >= 11 is 1.85. The minimum absolute atomic E-state index is 0.0696. The van der Waals surface area contributed by atoms with Gasteiger partial charge in [0.2, 0.25) is 0 Å². The van der Waals surface area contributed by atoms with Crippen LogP contribution in [0.1, 0.15) is 30.9 Å². The Labute approximate surface area is 118 Å². The van der Waals surface area contributed by atoms with Gasteiger partial charge in [0.15, 0.2) is 0 Å². The molecule has 1 saturated carbocycles. The summed E-state index contributed by atoms with van der Waals surface area (Å²) in [6.45, 7) is 0. The molecule has 0 saturated heterocycles. The lowest BCUT2D eigenvalue weighted by molar-refractivity contribution is -0.141. The summed E-state index contributed by atoms with van der Waals surface area (Å²) in [6, 6.07) is 10.2. The second-order valence-corrected chi connectivity index (χ2v) is 6.32. The second-order valence-electron chi connectivity index (χ2n) is 5.29. The number of nitrogens with two attached hydrogens (primary N) is 1. The normalized spacial score (nSPS) is 17.8. The van der Waals surface area contributed by atoms with E-state index in [-0.39, 0.29) is 17.4 Å². The van der Waals surface area contributed by atoms with E-state index in [1.54, 1.807) is 0 Å². The average molecular weight is 279 g/mol. The first-order valence-corrected chi connectivity index (χ1v) is 7.76. The Hall–Kier alpha value is -1.00. The van der Waals surface area contributed by atoms with Gasteiger partial charge in [-0.15, -0.1) is 0 Å². The second kappa shape index (κ2) is 6.44. The highest BCUT2D eigenvalue weighted by Crippen LogP contribution is 2.51. The zero-order chi connectivity index (χ0) is 13.7. The molecule has 2 N–H and O–H groups in total. The van der Waals surface area contributed by atoms with Gasteiger partial charge in [0, 0.05) is 11.8 Å². The van der Waals surface area contributed by atoms with Crippen molar-refractivity contribution in [2.75, 3.05) is 18.6 Å². The van der Waals surface area contributed by atoms with Crippen LogP contribution in [0.5, 0.6) is 0 Å². The van der Waals surface area contributed by atoms with Gasteiger partial charge >= 0.3 is 5.97 Å². The maximum atomic E-state index is 11.3. The van der Waals surface area contributed by atoms with Crippen molar-refractivity contribution in [1.29, 1.82) is 0 Å². The Bertz CT molecular complexity index is 417. The fraction of sp³-hybridized carbons (Fsp3) is 0.533. The van der Waals surface area contributed by atoms with Crippen LogP contribution >= 0.6 is 11.8 Å². The lowest BCUT2D eigenvalue weighted by Crippen LogP contribution is -2.16. The van der Waals surface area contributed by atoms with E-state index in [1.165, 1.54) is 12.7 Å². The number of ether oxygens (including phenoxy) is 1. The van der Waals surface area contributed by atoms with Crippen LogP contribution in [-0.4, -0.2) is 24.6 Å². The maximum absolute atomic E-state index is 11.3. The molecule has 0 aliphatic heterocycles. The summed E-state index contributed by atoms with van der Waals surface area (Å²) in [5, 5.41) is 0. The molecule has 1 atom stereocenters. The van der Waals surface area contributed by atoms with Crippen LogP contribution in [0.2, 0.25) is 0 Å². The number of benzene rings is 1. The SMILES string of the molecule is COC(=O)CC1(CSCC(N)c2ccccc2)CC1. The molecule has 104 valence electrons. The van der Waals surface area contributed by atoms with Gasteiger partial charge in [-0.1, -0.05) is 30.3 Å². The van der Waals surface area contributed by atoms with Crippen LogP contribution in [0.3, 0.4) is 0 Å². The molecular weight excluding hydrogens is 258 g/mol. The fourth-order valence-corrected chi connectivity index (χ4v) is 3.51. The van der Waals surface area contributed by atoms with Crippen molar-refractivity contribution < 1.29 is 9.53 Å². The van der Waals surface area contributed by atoms with Gasteiger partial charge in [0.1, 0.15) is 0 Å². The lowest BCUT2D eigenvalue weighted by atomic mass is 10.1. The van der Waals surface area contributed by atoms with Crippen molar-refractivity contribution in [3.63, 3.8) is 0 Å². The minimum atomic E-state index is -0.0922. The van der Waals surface area contributed by atoms with E-state index in [0.29, 0.717) is 6.42 Å². The summed E-state index contributed by atoms with van der Waals surface area (Å²) in [4.78, 5) is 11.3. The maximum Gasteiger partial charge on any atom is 0.306 e. The van der Waals surface area contributed by atoms with E-state index in [2.05, 4.69) is 12.1 Å². The van der Waals surface area contributed by atoms with E-state index in [4.69, 9.17) is 10.5 Å². The molecule has 1 aliphatic rings. The Morgan fingerprint density at radius 1 is 1.42 bits per heavy atom. The van der Waals surface area contributed by atoms with Crippen molar-refractivity contribution in [1.82, 2.24) is 0 Å². The van der Waals surface area contributed by atoms with E-state index in [0.717, 1.165) is 24.3 Å². The summed E-state index contributed by atoms with van der Waals surface area (Å²) < 4.78 is 4.75. The van der Waals surface area contributed by atoms with E-state index >= 15 is 0 Å². The third-order valence-corrected chi connectivity index (χ3v) is 5.05. The summed E-state index contributed by atoms with van der Waals surface area (Å²) in [5.74, 6) is 1.81. The van der Waals surface area contributed by atoms with Crippen molar-refractivity contribution in [3.05, 3.63) is 35.9 Å². The summed E-state index contributed by atoms with van der Waals surface area (Å²) in [6.07, 6.45) is 2.82. The molecule has 0 amide bonds. The van der Waals surface area contributed by atoms with E-state index < -0.39 is 0 Å². The number of thioether (sulfide) groups is 1. The highest BCUT2D eigenvalue weighted by molar-refractivity contribution is 7.99. The number of carbonyl (C=O) groups excluding carboxylic acids is 1. The predicted molar refractivity (Wildman–Crippen MR) is 79.0 cm³/mol. The fourth-order valence-electron chi connectivity index (χ4n) is 2.13. The van der Waals surface area contributed by atoms with Gasteiger partial charge in [-0.3, -0.25) is 4.79 Å². The largest absolute Gasteiger partial charge is 0.469 e. The molecular formula is C15H21NO2S. The molecule has 2 rings (SSSR count). The van der Waals surface area contributed by atoms with Crippen LogP contribution in [-0.2, 0) is 9.53 Å². The van der Waals surface area contributed by atoms with Crippen LogP contribution in [0.15, 0.2) is 30.3 Å². The first-order chi connectivity index (χ1) is 9.15. The molecule has 0 bridgehead atoms. The molecule has 1 aromatic carbocycles. The number of hydrogen-bond acceptors (Lipinski definition) is 4. The van der Waals surface area contributed by atoms with Gasteiger partial charge in [0.05, 0.1) is 13.5 Å². The van der Waals surface area contributed by atoms with Crippen LogP contribution in [0.4, 0.5) is 0 Å². The Kier molecular flexibility index (Phi) is 4.88. The van der Waals surface area contributed by atoms with Gasteiger partial charge in [-0.05, 0) is 29.6 Å². The van der Waals surface area contributed by atoms with Gasteiger partial charge in [-0.2, -0.15) is 11.8 Å². The van der Waals surface area contributed by atoms with Crippen LogP contribution in [0, 0.1) is 5.41 Å². The summed E-state index contributed by atoms with van der Waals surface area (Å²) in [5.41, 5.74) is 7.52. The molecule has 1 aromatic rings. The molecule has 0 radical (unpaired) electrons. The lowest BCUT2D eigenvalue weighted by Gasteiger charge is -2.16. The molecule has 0 heterocycles. The first-order valence-electron chi connectivity index (χ1n) is 6.60. The molecule has 0 spiro atoms.